The minimum atomic E-state index is -2.13. The zero-order valence-electron chi connectivity index (χ0n) is 19.2. The third kappa shape index (κ3) is 4.74. The van der Waals surface area contributed by atoms with Crippen LogP contribution in [0.5, 0.6) is 0 Å². The summed E-state index contributed by atoms with van der Waals surface area (Å²) in [6, 6.07) is 0. The van der Waals surface area contributed by atoms with Gasteiger partial charge in [0.2, 0.25) is 11.9 Å². The van der Waals surface area contributed by atoms with E-state index in [4.69, 9.17) is 9.16 Å². The molecular weight excluding hydrogens is 418 g/mol. The lowest BCUT2D eigenvalue weighted by Crippen LogP contribution is -2.45. The summed E-state index contributed by atoms with van der Waals surface area (Å²) in [7, 11) is -2.13. The Morgan fingerprint density at radius 2 is 2.13 bits per heavy atom. The maximum atomic E-state index is 12.5. The van der Waals surface area contributed by atoms with Crippen molar-refractivity contribution in [3.05, 3.63) is 16.7 Å². The Morgan fingerprint density at radius 1 is 1.45 bits per heavy atom. The number of carbonyl (C=O) groups excluding carboxylic acids is 1. The summed E-state index contributed by atoms with van der Waals surface area (Å²) in [5.74, 6) is -0.474. The number of aliphatic hydroxyl groups is 1. The van der Waals surface area contributed by atoms with Crippen molar-refractivity contribution in [2.24, 2.45) is 5.92 Å². The zero-order valence-corrected chi connectivity index (χ0v) is 20.2. The van der Waals surface area contributed by atoms with Crippen LogP contribution in [-0.2, 0) is 14.0 Å². The Kier molecular flexibility index (Phi) is 6.43. The Hall–Kier alpha value is -2.08. The molecule has 11 heteroatoms. The standard InChI is InChI=1S/C20H33N5O5Si/c1-11(2)16(27)23-19-22-15-14(17(28)24-19)21-10-25(15)18-13(8-12(9-26)29-18)30-31(6,7)20(3,4)5/h10-13,18,26H,8-9H2,1-7H3,(H2,22,23,24,27,28)/t12?,13?,18-/m1/s1. The van der Waals surface area contributed by atoms with E-state index in [1.165, 1.54) is 6.33 Å². The van der Waals surface area contributed by atoms with Gasteiger partial charge in [0, 0.05) is 12.3 Å². The molecular formula is C20H33N5O5Si. The third-order valence-corrected chi connectivity index (χ3v) is 10.6. The van der Waals surface area contributed by atoms with Crippen molar-refractivity contribution in [1.29, 1.82) is 0 Å². The molecule has 2 unspecified atom stereocenters. The third-order valence-electron chi connectivity index (χ3n) is 6.07. The molecule has 1 aliphatic heterocycles. The van der Waals surface area contributed by atoms with E-state index in [2.05, 4.69) is 54.1 Å². The van der Waals surface area contributed by atoms with Crippen LogP contribution in [0.1, 0.15) is 47.3 Å². The van der Waals surface area contributed by atoms with Crippen molar-refractivity contribution in [3.63, 3.8) is 0 Å². The van der Waals surface area contributed by atoms with E-state index in [1.54, 1.807) is 18.4 Å². The number of H-pyrrole nitrogens is 1. The van der Waals surface area contributed by atoms with E-state index in [0.29, 0.717) is 6.42 Å². The van der Waals surface area contributed by atoms with E-state index in [1.807, 2.05) is 0 Å². The molecule has 3 heterocycles. The maximum Gasteiger partial charge on any atom is 0.280 e. The second-order valence-electron chi connectivity index (χ2n) is 9.87. The molecule has 3 N–H and O–H groups in total. The van der Waals surface area contributed by atoms with Gasteiger partial charge in [-0.1, -0.05) is 34.6 Å². The number of carbonyl (C=O) groups is 1. The van der Waals surface area contributed by atoms with E-state index < -0.39 is 20.1 Å². The van der Waals surface area contributed by atoms with Crippen LogP contribution in [0.4, 0.5) is 5.95 Å². The first kappa shape index (κ1) is 23.6. The second-order valence-corrected chi connectivity index (χ2v) is 14.6. The van der Waals surface area contributed by atoms with Gasteiger partial charge >= 0.3 is 0 Å². The van der Waals surface area contributed by atoms with Crippen molar-refractivity contribution < 1.29 is 19.1 Å². The smallest absolute Gasteiger partial charge is 0.280 e. The fraction of sp³-hybridized carbons (Fsp3) is 0.700. The number of hydrogen-bond acceptors (Lipinski definition) is 7. The minimum Gasteiger partial charge on any atom is -0.409 e. The first-order valence-corrected chi connectivity index (χ1v) is 13.5. The molecule has 3 atom stereocenters. The van der Waals surface area contributed by atoms with Crippen molar-refractivity contribution in [1.82, 2.24) is 19.5 Å². The van der Waals surface area contributed by atoms with Crippen LogP contribution < -0.4 is 10.9 Å². The fourth-order valence-corrected chi connectivity index (χ4v) is 4.50. The van der Waals surface area contributed by atoms with Crippen LogP contribution in [-0.4, -0.2) is 57.7 Å². The molecule has 0 saturated carbocycles. The van der Waals surface area contributed by atoms with Crippen molar-refractivity contribution in [3.8, 4) is 0 Å². The Labute approximate surface area is 182 Å². The molecule has 1 amide bonds. The highest BCUT2D eigenvalue weighted by atomic mass is 28.4. The number of amides is 1. The number of hydrogen-bond donors (Lipinski definition) is 3. The molecule has 1 aliphatic rings. The number of nitrogens with zero attached hydrogens (tertiary/aromatic N) is 3. The maximum absolute atomic E-state index is 12.5. The van der Waals surface area contributed by atoms with Gasteiger partial charge in [-0.15, -0.1) is 0 Å². The van der Waals surface area contributed by atoms with Gasteiger partial charge in [-0.25, -0.2) is 4.98 Å². The molecule has 0 aromatic carbocycles. The normalized spacial score (nSPS) is 22.4. The zero-order chi connectivity index (χ0) is 23.1. The number of aromatic nitrogens is 4. The molecule has 1 saturated heterocycles. The van der Waals surface area contributed by atoms with Crippen molar-refractivity contribution in [2.45, 2.75) is 77.6 Å². The lowest BCUT2D eigenvalue weighted by atomic mass is 10.2. The number of imidazole rings is 1. The highest BCUT2D eigenvalue weighted by Gasteiger charge is 2.45. The minimum absolute atomic E-state index is 0.00441. The molecule has 3 rings (SSSR count). The molecule has 2 aromatic heterocycles. The molecule has 0 aliphatic carbocycles. The summed E-state index contributed by atoms with van der Waals surface area (Å²) >= 11 is 0. The average Bonchev–Trinajstić information content (AvgIpc) is 3.24. The first-order valence-electron chi connectivity index (χ1n) is 10.6. The molecule has 10 nitrogen and oxygen atoms in total. The summed E-state index contributed by atoms with van der Waals surface area (Å²) in [4.78, 5) is 35.7. The molecule has 0 spiro atoms. The molecule has 31 heavy (non-hydrogen) atoms. The summed E-state index contributed by atoms with van der Waals surface area (Å²) < 4.78 is 14.3. The monoisotopic (exact) mass is 451 g/mol. The predicted molar refractivity (Wildman–Crippen MR) is 119 cm³/mol. The van der Waals surface area contributed by atoms with Crippen LogP contribution >= 0.6 is 0 Å². The number of rotatable bonds is 6. The lowest BCUT2D eigenvalue weighted by Gasteiger charge is -2.39. The highest BCUT2D eigenvalue weighted by molar-refractivity contribution is 6.74. The number of aliphatic hydroxyl groups excluding tert-OH is 1. The quantitative estimate of drug-likeness (QED) is 0.575. The Bertz CT molecular complexity index is 1010. The van der Waals surface area contributed by atoms with E-state index in [-0.39, 0.29) is 52.8 Å². The van der Waals surface area contributed by atoms with Crippen LogP contribution in [0.3, 0.4) is 0 Å². The fourth-order valence-electron chi connectivity index (χ4n) is 3.17. The van der Waals surface area contributed by atoms with Gasteiger partial charge in [0.25, 0.3) is 5.56 Å². The van der Waals surface area contributed by atoms with Gasteiger partial charge in [0.05, 0.1) is 25.1 Å². The molecule has 0 radical (unpaired) electrons. The van der Waals surface area contributed by atoms with E-state index in [9.17, 15) is 14.7 Å². The average molecular weight is 452 g/mol. The predicted octanol–water partition coefficient (Wildman–Crippen LogP) is 2.38. The van der Waals surface area contributed by atoms with Gasteiger partial charge in [-0.05, 0) is 18.1 Å². The van der Waals surface area contributed by atoms with Crippen LogP contribution in [0.25, 0.3) is 11.2 Å². The Balaban J connectivity index is 2.00. The second kappa shape index (κ2) is 8.45. The van der Waals surface area contributed by atoms with Gasteiger partial charge in [-0.2, -0.15) is 4.98 Å². The van der Waals surface area contributed by atoms with Crippen molar-refractivity contribution in [2.75, 3.05) is 11.9 Å². The van der Waals surface area contributed by atoms with E-state index >= 15 is 0 Å². The number of ether oxygens (including phenoxy) is 1. The molecule has 172 valence electrons. The van der Waals surface area contributed by atoms with E-state index in [0.717, 1.165) is 0 Å². The topological polar surface area (TPSA) is 131 Å². The molecule has 1 fully saturated rings. The van der Waals surface area contributed by atoms with Crippen LogP contribution in [0.2, 0.25) is 18.1 Å². The van der Waals surface area contributed by atoms with Gasteiger partial charge in [0.1, 0.15) is 0 Å². The molecule has 2 aromatic rings. The first-order chi connectivity index (χ1) is 14.3. The van der Waals surface area contributed by atoms with Gasteiger partial charge in [0.15, 0.2) is 25.7 Å². The van der Waals surface area contributed by atoms with Crippen LogP contribution in [0, 0.1) is 5.92 Å². The van der Waals surface area contributed by atoms with Gasteiger partial charge in [-0.3, -0.25) is 24.5 Å². The SMILES string of the molecule is CC(C)C(=O)Nc1nc2c(ncn2[C@@H]2OC(CO)CC2O[Si](C)(C)C(C)(C)C)c(=O)[nH]1. The van der Waals surface area contributed by atoms with Gasteiger partial charge < -0.3 is 14.3 Å². The number of nitrogens with one attached hydrogen (secondary N) is 2. The van der Waals surface area contributed by atoms with Crippen molar-refractivity contribution >= 4 is 31.3 Å². The van der Waals surface area contributed by atoms with Crippen LogP contribution in [0.15, 0.2) is 11.1 Å². The largest absolute Gasteiger partial charge is 0.409 e. The summed E-state index contributed by atoms with van der Waals surface area (Å²) in [5, 5.41) is 12.3. The summed E-state index contributed by atoms with van der Waals surface area (Å²) in [6.45, 7) is 14.2. The highest BCUT2D eigenvalue weighted by Crippen LogP contribution is 2.42. The summed E-state index contributed by atoms with van der Waals surface area (Å²) in [5.41, 5.74) is -0.0266. The number of fused-ring (bicyclic) bond motifs is 1. The lowest BCUT2D eigenvalue weighted by molar-refractivity contribution is -0.118. The molecule has 0 bridgehead atoms. The Morgan fingerprint density at radius 3 is 2.71 bits per heavy atom. The summed E-state index contributed by atoms with van der Waals surface area (Å²) in [6.07, 6.45) is 0.699. The number of anilines is 1. The number of aromatic amines is 1.